The molecular weight excluding hydrogens is 414 g/mol. The van der Waals surface area contributed by atoms with Crippen LogP contribution in [0.25, 0.3) is 33.5 Å². The number of nitrogen functional groups attached to an aromatic ring is 1. The summed E-state index contributed by atoms with van der Waals surface area (Å²) in [7, 11) is 4.32. The Bertz CT molecular complexity index is 1220. The molecule has 0 aliphatic carbocycles. The summed E-state index contributed by atoms with van der Waals surface area (Å²) in [6.45, 7) is 3.80. The van der Waals surface area contributed by atoms with Crippen LogP contribution in [0.15, 0.2) is 24.7 Å². The van der Waals surface area contributed by atoms with Gasteiger partial charge in [-0.15, -0.1) is 0 Å². The van der Waals surface area contributed by atoms with Crippen molar-refractivity contribution in [2.45, 2.75) is 25.4 Å². The Kier molecular flexibility index (Phi) is 5.25. The van der Waals surface area contributed by atoms with E-state index in [9.17, 15) is 0 Å². The minimum atomic E-state index is 0.390. The highest BCUT2D eigenvalue weighted by atomic mass is 35.5. The number of hydrogen-bond acceptors (Lipinski definition) is 7. The number of aromatic nitrogens is 6. The van der Waals surface area contributed by atoms with Gasteiger partial charge in [-0.3, -0.25) is 0 Å². The quantitative estimate of drug-likeness (QED) is 0.492. The standard InChI is InChI=1S/C21H26ClN9/c1-29(2)13-5-8-30(9-6-13)10-11-31-21-15(19(23)25-12-26-21)17(28-31)18-16(22)14-4-3-7-24-20(14)27-18/h3-4,7,12-13H,5-6,8-11H2,1-2H3,(H,24,27)(H2,23,25,26). The van der Waals surface area contributed by atoms with Crippen molar-refractivity contribution < 1.29 is 0 Å². The smallest absolute Gasteiger partial charge is 0.164 e. The van der Waals surface area contributed by atoms with Gasteiger partial charge in [0.05, 0.1) is 22.6 Å². The van der Waals surface area contributed by atoms with Gasteiger partial charge in [0.1, 0.15) is 23.5 Å². The van der Waals surface area contributed by atoms with Crippen LogP contribution < -0.4 is 5.73 Å². The Hall–Kier alpha value is -2.75. The maximum Gasteiger partial charge on any atom is 0.164 e. The molecule has 3 N–H and O–H groups in total. The lowest BCUT2D eigenvalue weighted by Gasteiger charge is -2.35. The zero-order chi connectivity index (χ0) is 21.5. The number of pyridine rings is 1. The van der Waals surface area contributed by atoms with Crippen LogP contribution in [-0.4, -0.2) is 79.3 Å². The number of nitrogens with two attached hydrogens (primary N) is 1. The normalized spacial score (nSPS) is 16.1. The van der Waals surface area contributed by atoms with Gasteiger partial charge in [-0.05, 0) is 52.2 Å². The van der Waals surface area contributed by atoms with Crippen molar-refractivity contribution >= 4 is 39.5 Å². The molecule has 4 aromatic rings. The number of anilines is 1. The van der Waals surface area contributed by atoms with Crippen molar-refractivity contribution in [3.63, 3.8) is 0 Å². The van der Waals surface area contributed by atoms with Gasteiger partial charge >= 0.3 is 0 Å². The van der Waals surface area contributed by atoms with Crippen LogP contribution in [0.2, 0.25) is 5.02 Å². The third-order valence-corrected chi connectivity index (χ3v) is 6.61. The summed E-state index contributed by atoms with van der Waals surface area (Å²) in [6, 6.07) is 4.46. The third-order valence-electron chi connectivity index (χ3n) is 6.22. The van der Waals surface area contributed by atoms with Crippen LogP contribution in [0, 0.1) is 0 Å². The molecule has 0 atom stereocenters. The number of hydrogen-bond donors (Lipinski definition) is 2. The van der Waals surface area contributed by atoms with Gasteiger partial charge in [0, 0.05) is 24.2 Å². The van der Waals surface area contributed by atoms with Crippen LogP contribution >= 0.6 is 11.6 Å². The van der Waals surface area contributed by atoms with Crippen LogP contribution in [0.5, 0.6) is 0 Å². The Morgan fingerprint density at radius 1 is 1.19 bits per heavy atom. The first-order valence-corrected chi connectivity index (χ1v) is 10.9. The Morgan fingerprint density at radius 2 is 2.00 bits per heavy atom. The molecule has 1 aliphatic heterocycles. The zero-order valence-corrected chi connectivity index (χ0v) is 18.5. The molecular formula is C21H26ClN9. The molecule has 0 aromatic carbocycles. The molecule has 4 aromatic heterocycles. The summed E-state index contributed by atoms with van der Waals surface area (Å²) in [5.74, 6) is 0.390. The molecule has 31 heavy (non-hydrogen) atoms. The minimum absolute atomic E-state index is 0.390. The number of nitrogens with zero attached hydrogens (tertiary/aromatic N) is 7. The predicted octanol–water partition coefficient (Wildman–Crippen LogP) is 2.63. The molecule has 9 nitrogen and oxygen atoms in total. The van der Waals surface area contributed by atoms with E-state index in [0.29, 0.717) is 45.0 Å². The van der Waals surface area contributed by atoms with Gasteiger partial charge in [0.2, 0.25) is 0 Å². The van der Waals surface area contributed by atoms with Crippen LogP contribution in [0.3, 0.4) is 0 Å². The van der Waals surface area contributed by atoms with E-state index in [1.54, 1.807) is 6.20 Å². The highest BCUT2D eigenvalue weighted by Crippen LogP contribution is 2.37. The molecule has 0 saturated carbocycles. The summed E-state index contributed by atoms with van der Waals surface area (Å²) < 4.78 is 1.91. The first-order valence-electron chi connectivity index (χ1n) is 10.5. The topological polar surface area (TPSA) is 105 Å². The molecule has 1 aliphatic rings. The Morgan fingerprint density at radius 3 is 2.74 bits per heavy atom. The Balaban J connectivity index is 1.46. The van der Waals surface area contributed by atoms with E-state index >= 15 is 0 Å². The van der Waals surface area contributed by atoms with Crippen molar-refractivity contribution in [2.75, 3.05) is 39.5 Å². The summed E-state index contributed by atoms with van der Waals surface area (Å²) >= 11 is 6.68. The van der Waals surface area contributed by atoms with Crippen molar-refractivity contribution in [3.8, 4) is 11.4 Å². The fourth-order valence-electron chi connectivity index (χ4n) is 4.41. The maximum absolute atomic E-state index is 6.68. The molecule has 0 spiro atoms. The second kappa shape index (κ2) is 8.07. The molecule has 5 heterocycles. The number of piperidine rings is 1. The zero-order valence-electron chi connectivity index (χ0n) is 17.7. The van der Waals surface area contributed by atoms with Gasteiger partial charge in [-0.2, -0.15) is 5.10 Å². The predicted molar refractivity (Wildman–Crippen MR) is 123 cm³/mol. The third kappa shape index (κ3) is 3.62. The van der Waals surface area contributed by atoms with Crippen LogP contribution in [-0.2, 0) is 6.54 Å². The molecule has 1 saturated heterocycles. The van der Waals surface area contributed by atoms with E-state index in [1.807, 2.05) is 16.8 Å². The van der Waals surface area contributed by atoms with E-state index in [0.717, 1.165) is 31.6 Å². The number of likely N-dealkylation sites (tertiary alicyclic amines) is 1. The highest BCUT2D eigenvalue weighted by Gasteiger charge is 2.24. The Labute approximate surface area is 185 Å². The van der Waals surface area contributed by atoms with E-state index < -0.39 is 0 Å². The summed E-state index contributed by atoms with van der Waals surface area (Å²) in [4.78, 5) is 21.1. The lowest BCUT2D eigenvalue weighted by molar-refractivity contribution is 0.141. The van der Waals surface area contributed by atoms with Gasteiger partial charge in [0.15, 0.2) is 5.65 Å². The summed E-state index contributed by atoms with van der Waals surface area (Å²) in [5, 5.41) is 6.99. The lowest BCUT2D eigenvalue weighted by atomic mass is 10.0. The molecule has 1 fully saturated rings. The summed E-state index contributed by atoms with van der Waals surface area (Å²) in [5.41, 5.74) is 9.01. The van der Waals surface area contributed by atoms with E-state index in [2.05, 4.69) is 43.8 Å². The van der Waals surface area contributed by atoms with E-state index in [4.69, 9.17) is 22.4 Å². The van der Waals surface area contributed by atoms with Crippen molar-refractivity contribution in [1.82, 2.24) is 39.5 Å². The van der Waals surface area contributed by atoms with Gasteiger partial charge in [0.25, 0.3) is 0 Å². The molecule has 0 radical (unpaired) electrons. The van der Waals surface area contributed by atoms with Crippen molar-refractivity contribution in [3.05, 3.63) is 29.7 Å². The monoisotopic (exact) mass is 439 g/mol. The molecule has 0 unspecified atom stereocenters. The number of rotatable bonds is 5. The number of aromatic amines is 1. The highest BCUT2D eigenvalue weighted by molar-refractivity contribution is 6.38. The number of H-pyrrole nitrogens is 1. The average Bonchev–Trinajstić information content (AvgIpc) is 3.31. The lowest BCUT2D eigenvalue weighted by Crippen LogP contribution is -2.42. The largest absolute Gasteiger partial charge is 0.383 e. The maximum atomic E-state index is 6.68. The first kappa shape index (κ1) is 20.2. The molecule has 5 rings (SSSR count). The summed E-state index contributed by atoms with van der Waals surface area (Å²) in [6.07, 6.45) is 5.58. The second-order valence-corrected chi connectivity index (χ2v) is 8.66. The fourth-order valence-corrected chi connectivity index (χ4v) is 4.70. The minimum Gasteiger partial charge on any atom is -0.383 e. The first-order chi connectivity index (χ1) is 15.0. The van der Waals surface area contributed by atoms with E-state index in [-0.39, 0.29) is 0 Å². The fraction of sp³-hybridized carbons (Fsp3) is 0.429. The molecule has 0 bridgehead atoms. The molecule has 10 heteroatoms. The number of halogens is 1. The van der Waals surface area contributed by atoms with Gasteiger partial charge in [-0.1, -0.05) is 11.6 Å². The van der Waals surface area contributed by atoms with Crippen molar-refractivity contribution in [2.24, 2.45) is 0 Å². The second-order valence-electron chi connectivity index (χ2n) is 8.28. The van der Waals surface area contributed by atoms with Crippen LogP contribution in [0.1, 0.15) is 12.8 Å². The van der Waals surface area contributed by atoms with Crippen LogP contribution in [0.4, 0.5) is 5.82 Å². The van der Waals surface area contributed by atoms with Gasteiger partial charge in [-0.25, -0.2) is 19.6 Å². The number of nitrogens with one attached hydrogen (secondary N) is 1. The van der Waals surface area contributed by atoms with Crippen molar-refractivity contribution in [1.29, 1.82) is 0 Å². The molecule has 162 valence electrons. The SMILES string of the molecule is CN(C)C1CCN(CCn2nc(-c3[nH]c4ncccc4c3Cl)c3c(N)ncnc32)CC1. The average molecular weight is 440 g/mol. The van der Waals surface area contributed by atoms with Gasteiger partial charge < -0.3 is 20.5 Å². The van der Waals surface area contributed by atoms with E-state index in [1.165, 1.54) is 19.2 Å². The number of fused-ring (bicyclic) bond motifs is 2. The molecule has 0 amide bonds.